The molecule has 22 heavy (non-hydrogen) atoms. The lowest BCUT2D eigenvalue weighted by atomic mass is 9.78. The molecule has 0 spiro atoms. The summed E-state index contributed by atoms with van der Waals surface area (Å²) in [5, 5.41) is 7.16. The van der Waals surface area contributed by atoms with Crippen LogP contribution in [0.2, 0.25) is 0 Å². The Balaban J connectivity index is 2.17. The monoisotopic (exact) mass is 319 g/mol. The number of fused-ring (bicyclic) bond motifs is 1. The molecule has 120 valence electrons. The van der Waals surface area contributed by atoms with E-state index in [0.717, 1.165) is 29.9 Å². The summed E-state index contributed by atoms with van der Waals surface area (Å²) in [5.74, 6) is 0.145. The largest absolute Gasteiger partial charge is 0.354 e. The minimum atomic E-state index is -0.360. The molecular formula is C17H25N3OS. The Labute approximate surface area is 136 Å². The zero-order valence-corrected chi connectivity index (χ0v) is 14.4. The second kappa shape index (κ2) is 7.70. The van der Waals surface area contributed by atoms with Crippen LogP contribution in [0.1, 0.15) is 31.7 Å². The first-order chi connectivity index (χ1) is 10.6. The van der Waals surface area contributed by atoms with Gasteiger partial charge in [-0.2, -0.15) is 0 Å². The number of hydrogen-bond donors (Lipinski definition) is 2. The molecule has 0 saturated carbocycles. The number of likely N-dealkylation sites (N-methyl/N-ethyl adjacent to an activating group) is 1. The first-order valence-electron chi connectivity index (χ1n) is 7.92. The van der Waals surface area contributed by atoms with Gasteiger partial charge in [0.15, 0.2) is 0 Å². The molecule has 1 aromatic carbocycles. The fourth-order valence-electron chi connectivity index (χ4n) is 2.67. The first kappa shape index (κ1) is 16.9. The number of carbonyl (C=O) groups is 1. The summed E-state index contributed by atoms with van der Waals surface area (Å²) in [5.41, 5.74) is 0.668. The Morgan fingerprint density at radius 1 is 1.23 bits per heavy atom. The van der Waals surface area contributed by atoms with E-state index in [0.29, 0.717) is 13.0 Å². The molecule has 0 aliphatic rings. The van der Waals surface area contributed by atoms with Gasteiger partial charge in [0.1, 0.15) is 0 Å². The van der Waals surface area contributed by atoms with Crippen molar-refractivity contribution in [1.82, 2.24) is 15.6 Å². The number of nitrogens with zero attached hydrogens (tertiary/aromatic N) is 1. The third-order valence-corrected chi connectivity index (χ3v) is 5.36. The van der Waals surface area contributed by atoms with E-state index in [1.54, 1.807) is 11.3 Å². The molecule has 0 bridgehead atoms. The van der Waals surface area contributed by atoms with Gasteiger partial charge in [-0.1, -0.05) is 26.0 Å². The van der Waals surface area contributed by atoms with Crippen LogP contribution in [-0.4, -0.2) is 31.0 Å². The molecule has 0 unspecified atom stereocenters. The molecule has 0 aliphatic heterocycles. The molecule has 2 rings (SSSR count). The minimum absolute atomic E-state index is 0.145. The number of hydrogen-bond acceptors (Lipinski definition) is 4. The van der Waals surface area contributed by atoms with Crippen molar-refractivity contribution in [2.75, 3.05) is 20.1 Å². The highest BCUT2D eigenvalue weighted by Crippen LogP contribution is 2.34. The third kappa shape index (κ3) is 3.65. The summed E-state index contributed by atoms with van der Waals surface area (Å²) >= 11 is 1.70. The van der Waals surface area contributed by atoms with Crippen LogP contribution in [0.4, 0.5) is 0 Å². The second-order valence-corrected chi connectivity index (χ2v) is 6.71. The molecule has 5 heteroatoms. The van der Waals surface area contributed by atoms with Gasteiger partial charge >= 0.3 is 0 Å². The van der Waals surface area contributed by atoms with Gasteiger partial charge in [-0.15, -0.1) is 11.3 Å². The van der Waals surface area contributed by atoms with Gasteiger partial charge in [-0.25, -0.2) is 4.98 Å². The summed E-state index contributed by atoms with van der Waals surface area (Å²) in [7, 11) is 1.89. The smallest absolute Gasteiger partial charge is 0.226 e. The van der Waals surface area contributed by atoms with E-state index < -0.39 is 0 Å². The highest BCUT2D eigenvalue weighted by molar-refractivity contribution is 7.18. The molecule has 1 aromatic heterocycles. The second-order valence-electron chi connectivity index (χ2n) is 5.60. The topological polar surface area (TPSA) is 54.0 Å². The molecule has 0 atom stereocenters. The van der Waals surface area contributed by atoms with E-state index in [4.69, 9.17) is 4.98 Å². The van der Waals surface area contributed by atoms with Crippen molar-refractivity contribution in [2.45, 2.75) is 33.1 Å². The average Bonchev–Trinajstić information content (AvgIpc) is 2.95. The summed E-state index contributed by atoms with van der Waals surface area (Å²) in [4.78, 5) is 17.4. The van der Waals surface area contributed by atoms with E-state index in [2.05, 4.69) is 30.5 Å². The number of thiazole rings is 1. The Bertz CT molecular complexity index is 586. The highest BCUT2D eigenvalue weighted by Gasteiger charge is 2.35. The van der Waals surface area contributed by atoms with Crippen LogP contribution in [0.5, 0.6) is 0 Å². The highest BCUT2D eigenvalue weighted by atomic mass is 32.1. The average molecular weight is 319 g/mol. The molecule has 4 nitrogen and oxygen atoms in total. The number of nitrogens with one attached hydrogen (secondary N) is 2. The molecule has 2 N–H and O–H groups in total. The van der Waals surface area contributed by atoms with Crippen LogP contribution in [-0.2, 0) is 11.2 Å². The minimum Gasteiger partial charge on any atom is -0.354 e. The summed E-state index contributed by atoms with van der Waals surface area (Å²) in [6.45, 7) is 5.64. The molecule has 0 radical (unpaired) electrons. The van der Waals surface area contributed by atoms with Crippen molar-refractivity contribution >= 4 is 27.5 Å². The van der Waals surface area contributed by atoms with E-state index in [-0.39, 0.29) is 11.3 Å². The van der Waals surface area contributed by atoms with Crippen LogP contribution in [0.3, 0.4) is 0 Å². The lowest BCUT2D eigenvalue weighted by Crippen LogP contribution is -2.43. The maximum atomic E-state index is 12.7. The van der Waals surface area contributed by atoms with Crippen LogP contribution in [0.15, 0.2) is 24.3 Å². The first-order valence-corrected chi connectivity index (χ1v) is 8.74. The molecule has 0 fully saturated rings. The van der Waals surface area contributed by atoms with Crippen molar-refractivity contribution in [3.05, 3.63) is 29.3 Å². The van der Waals surface area contributed by atoms with Crippen LogP contribution >= 0.6 is 11.3 Å². The Hall–Kier alpha value is -1.46. The summed E-state index contributed by atoms with van der Waals surface area (Å²) < 4.78 is 1.19. The van der Waals surface area contributed by atoms with Gasteiger partial charge in [0.25, 0.3) is 0 Å². The van der Waals surface area contributed by atoms with E-state index in [9.17, 15) is 4.79 Å². The predicted octanol–water partition coefficient (Wildman–Crippen LogP) is 2.98. The normalized spacial score (nSPS) is 11.8. The molecular weight excluding hydrogens is 294 g/mol. The zero-order valence-electron chi connectivity index (χ0n) is 13.6. The summed E-state index contributed by atoms with van der Waals surface area (Å²) in [6, 6.07) is 8.15. The van der Waals surface area contributed by atoms with Gasteiger partial charge in [0.2, 0.25) is 5.91 Å². The number of amides is 1. The van der Waals surface area contributed by atoms with Gasteiger partial charge < -0.3 is 10.6 Å². The maximum Gasteiger partial charge on any atom is 0.226 e. The van der Waals surface area contributed by atoms with Crippen molar-refractivity contribution in [3.8, 4) is 0 Å². The number of carbonyl (C=O) groups excluding carboxylic acids is 1. The maximum absolute atomic E-state index is 12.7. The number of para-hydroxylation sites is 1. The zero-order chi connectivity index (χ0) is 16.0. The molecule has 1 heterocycles. The Kier molecular flexibility index (Phi) is 5.91. The van der Waals surface area contributed by atoms with Crippen molar-refractivity contribution in [2.24, 2.45) is 5.41 Å². The Morgan fingerprint density at radius 3 is 2.59 bits per heavy atom. The Morgan fingerprint density at radius 2 is 1.95 bits per heavy atom. The van der Waals surface area contributed by atoms with Crippen LogP contribution in [0, 0.1) is 5.41 Å². The van der Waals surface area contributed by atoms with E-state index >= 15 is 0 Å². The quantitative estimate of drug-likeness (QED) is 0.736. The van der Waals surface area contributed by atoms with Gasteiger partial charge in [0.05, 0.1) is 20.6 Å². The van der Waals surface area contributed by atoms with Gasteiger partial charge in [-0.05, 0) is 32.0 Å². The number of benzene rings is 1. The van der Waals surface area contributed by atoms with E-state index in [1.807, 2.05) is 25.2 Å². The fourth-order valence-corrected chi connectivity index (χ4v) is 3.79. The molecule has 0 saturated heterocycles. The van der Waals surface area contributed by atoms with Gasteiger partial charge in [-0.3, -0.25) is 4.79 Å². The standard InChI is InChI=1S/C17H25N3OS/c1-4-17(5-2,16(21)19-11-10-18-3)12-15-20-13-8-6-7-9-14(13)22-15/h6-9,18H,4-5,10-12H2,1-3H3,(H,19,21). The third-order valence-electron chi connectivity index (χ3n) is 4.32. The summed E-state index contributed by atoms with van der Waals surface area (Å²) in [6.07, 6.45) is 2.36. The molecule has 2 aromatic rings. The molecule has 0 aliphatic carbocycles. The van der Waals surface area contributed by atoms with Crippen LogP contribution < -0.4 is 10.6 Å². The fraction of sp³-hybridized carbons (Fsp3) is 0.529. The van der Waals surface area contributed by atoms with Crippen molar-refractivity contribution < 1.29 is 4.79 Å². The van der Waals surface area contributed by atoms with Gasteiger partial charge in [0, 0.05) is 19.5 Å². The molecule has 1 amide bonds. The lowest BCUT2D eigenvalue weighted by Gasteiger charge is -2.29. The van der Waals surface area contributed by atoms with E-state index in [1.165, 1.54) is 4.70 Å². The predicted molar refractivity (Wildman–Crippen MR) is 93.3 cm³/mol. The van der Waals surface area contributed by atoms with Crippen molar-refractivity contribution in [1.29, 1.82) is 0 Å². The van der Waals surface area contributed by atoms with Crippen LogP contribution in [0.25, 0.3) is 10.2 Å². The number of aromatic nitrogens is 1. The lowest BCUT2D eigenvalue weighted by molar-refractivity contribution is -0.131. The number of rotatable bonds is 8. The SMILES string of the molecule is CCC(CC)(Cc1nc2ccccc2s1)C(=O)NCCNC. The van der Waals surface area contributed by atoms with Crippen molar-refractivity contribution in [3.63, 3.8) is 0 Å².